The normalized spacial score (nSPS) is 15.9. The van der Waals surface area contributed by atoms with Crippen LogP contribution in [0.3, 0.4) is 0 Å². The number of furan rings is 1. The van der Waals surface area contributed by atoms with Crippen molar-refractivity contribution in [1.82, 2.24) is 5.43 Å². The molecule has 3 amide bonds. The molecule has 0 saturated heterocycles. The van der Waals surface area contributed by atoms with Crippen LogP contribution in [0.4, 0.5) is 10.5 Å². The molecule has 166 valence electrons. The lowest BCUT2D eigenvalue weighted by atomic mass is 9.75. The second-order valence-corrected chi connectivity index (χ2v) is 8.59. The lowest BCUT2D eigenvalue weighted by Gasteiger charge is -2.29. The first-order chi connectivity index (χ1) is 14.7. The standard InChI is InChI=1S/C23H30N4O4/c1-5-6-11-30-16-9-7-15(8-10-16)25-21(28)20-14(2)19-17(26-27-22(24)29)12-23(3,4)13-18(19)31-20/h7-10H,5-6,11-13H2,1-4H3,(H,25,28)(H3,24,27,29)/b26-17-. The van der Waals surface area contributed by atoms with Crippen molar-refractivity contribution in [3.8, 4) is 5.75 Å². The highest BCUT2D eigenvalue weighted by atomic mass is 16.5. The van der Waals surface area contributed by atoms with Crippen LogP contribution in [0.25, 0.3) is 0 Å². The highest BCUT2D eigenvalue weighted by Gasteiger charge is 2.36. The number of nitrogens with zero attached hydrogens (tertiary/aromatic N) is 1. The van der Waals surface area contributed by atoms with Crippen molar-refractivity contribution in [2.45, 2.75) is 53.4 Å². The molecule has 0 fully saturated rings. The molecule has 8 heteroatoms. The fourth-order valence-electron chi connectivity index (χ4n) is 3.71. The summed E-state index contributed by atoms with van der Waals surface area (Å²) in [6, 6.07) is 6.51. The van der Waals surface area contributed by atoms with Gasteiger partial charge in [-0.3, -0.25) is 4.79 Å². The first-order valence-corrected chi connectivity index (χ1v) is 10.5. The summed E-state index contributed by atoms with van der Waals surface area (Å²) in [5, 5.41) is 7.03. The van der Waals surface area contributed by atoms with Crippen molar-refractivity contribution in [2.24, 2.45) is 16.3 Å². The molecular weight excluding hydrogens is 396 g/mol. The topological polar surface area (TPSA) is 119 Å². The number of hydrazone groups is 1. The van der Waals surface area contributed by atoms with E-state index in [0.29, 0.717) is 42.2 Å². The minimum atomic E-state index is -0.737. The van der Waals surface area contributed by atoms with E-state index in [1.54, 1.807) is 12.1 Å². The second kappa shape index (κ2) is 9.24. The van der Waals surface area contributed by atoms with E-state index in [2.05, 4.69) is 36.6 Å². The molecule has 1 aromatic heterocycles. The van der Waals surface area contributed by atoms with Crippen molar-refractivity contribution >= 4 is 23.3 Å². The molecule has 1 aliphatic rings. The second-order valence-electron chi connectivity index (χ2n) is 8.59. The molecule has 0 atom stereocenters. The molecule has 0 aliphatic heterocycles. The summed E-state index contributed by atoms with van der Waals surface area (Å²) in [6.07, 6.45) is 3.36. The average Bonchev–Trinajstić information content (AvgIpc) is 3.03. The lowest BCUT2D eigenvalue weighted by molar-refractivity contribution is 0.0993. The quantitative estimate of drug-likeness (QED) is 0.450. The number of anilines is 1. The van der Waals surface area contributed by atoms with Crippen LogP contribution in [0.15, 0.2) is 33.8 Å². The Balaban J connectivity index is 1.80. The number of amides is 3. The molecular formula is C23H30N4O4. The SMILES string of the molecule is CCCCOc1ccc(NC(=O)c2oc3c(c2C)/C(=N\NC(N)=O)CC(C)(C)C3)cc1. The summed E-state index contributed by atoms with van der Waals surface area (Å²) in [5.74, 6) is 1.34. The van der Waals surface area contributed by atoms with E-state index < -0.39 is 6.03 Å². The third-order valence-electron chi connectivity index (χ3n) is 5.18. The molecule has 0 bridgehead atoms. The Morgan fingerprint density at radius 2 is 1.94 bits per heavy atom. The zero-order chi connectivity index (χ0) is 22.6. The van der Waals surface area contributed by atoms with E-state index in [4.69, 9.17) is 14.9 Å². The van der Waals surface area contributed by atoms with Gasteiger partial charge in [-0.05, 0) is 49.4 Å². The van der Waals surface area contributed by atoms with Crippen LogP contribution in [-0.2, 0) is 6.42 Å². The summed E-state index contributed by atoms with van der Waals surface area (Å²) in [6.45, 7) is 8.76. The van der Waals surface area contributed by atoms with E-state index in [9.17, 15) is 9.59 Å². The summed E-state index contributed by atoms with van der Waals surface area (Å²) < 4.78 is 11.6. The van der Waals surface area contributed by atoms with Gasteiger partial charge in [0, 0.05) is 23.2 Å². The van der Waals surface area contributed by atoms with Crippen LogP contribution in [0.1, 0.15) is 67.5 Å². The number of hydrogen-bond acceptors (Lipinski definition) is 5. The van der Waals surface area contributed by atoms with Gasteiger partial charge in [0.1, 0.15) is 11.5 Å². The smallest absolute Gasteiger partial charge is 0.332 e. The number of nitrogens with two attached hydrogens (primary N) is 1. The molecule has 0 radical (unpaired) electrons. The number of nitrogens with one attached hydrogen (secondary N) is 2. The van der Waals surface area contributed by atoms with Crippen LogP contribution in [0.2, 0.25) is 0 Å². The van der Waals surface area contributed by atoms with Gasteiger partial charge in [0.15, 0.2) is 5.76 Å². The number of rotatable bonds is 7. The number of unbranched alkanes of at least 4 members (excludes halogenated alkanes) is 1. The third-order valence-corrected chi connectivity index (χ3v) is 5.18. The molecule has 4 N–H and O–H groups in total. The van der Waals surface area contributed by atoms with Gasteiger partial charge in [-0.25, -0.2) is 10.2 Å². The van der Waals surface area contributed by atoms with Crippen molar-refractivity contribution in [3.63, 3.8) is 0 Å². The van der Waals surface area contributed by atoms with Gasteiger partial charge in [0.05, 0.1) is 12.3 Å². The predicted octanol–water partition coefficient (Wildman–Crippen LogP) is 4.36. The number of urea groups is 1. The maximum absolute atomic E-state index is 12.9. The molecule has 8 nitrogen and oxygen atoms in total. The Hall–Kier alpha value is -3.29. The maximum atomic E-state index is 12.9. The fourth-order valence-corrected chi connectivity index (χ4v) is 3.71. The van der Waals surface area contributed by atoms with E-state index in [0.717, 1.165) is 24.2 Å². The van der Waals surface area contributed by atoms with E-state index in [-0.39, 0.29) is 17.1 Å². The molecule has 1 aliphatic carbocycles. The van der Waals surface area contributed by atoms with Gasteiger partial charge in [0.2, 0.25) is 0 Å². The van der Waals surface area contributed by atoms with Crippen LogP contribution in [0, 0.1) is 12.3 Å². The Kier molecular flexibility index (Phi) is 6.68. The molecule has 0 unspecified atom stereocenters. The highest BCUT2D eigenvalue weighted by molar-refractivity contribution is 6.09. The van der Waals surface area contributed by atoms with Gasteiger partial charge in [-0.1, -0.05) is 27.2 Å². The van der Waals surface area contributed by atoms with Gasteiger partial charge in [0.25, 0.3) is 5.91 Å². The molecule has 3 rings (SSSR count). The van der Waals surface area contributed by atoms with Crippen molar-refractivity contribution in [1.29, 1.82) is 0 Å². The molecule has 2 aromatic rings. The maximum Gasteiger partial charge on any atom is 0.332 e. The Morgan fingerprint density at radius 1 is 1.23 bits per heavy atom. The highest BCUT2D eigenvalue weighted by Crippen LogP contribution is 2.39. The molecule has 0 spiro atoms. The Morgan fingerprint density at radius 3 is 2.58 bits per heavy atom. The summed E-state index contributed by atoms with van der Waals surface area (Å²) in [5.41, 5.74) is 10.1. The number of benzene rings is 1. The number of primary amides is 1. The van der Waals surface area contributed by atoms with Gasteiger partial charge in [-0.15, -0.1) is 0 Å². The van der Waals surface area contributed by atoms with Crippen molar-refractivity contribution < 1.29 is 18.7 Å². The summed E-state index contributed by atoms with van der Waals surface area (Å²) in [7, 11) is 0. The van der Waals surface area contributed by atoms with Crippen LogP contribution in [0.5, 0.6) is 5.75 Å². The number of ether oxygens (including phenoxy) is 1. The van der Waals surface area contributed by atoms with Gasteiger partial charge < -0.3 is 20.2 Å². The van der Waals surface area contributed by atoms with Crippen molar-refractivity contribution in [2.75, 3.05) is 11.9 Å². The molecule has 1 heterocycles. The summed E-state index contributed by atoms with van der Waals surface area (Å²) >= 11 is 0. The van der Waals surface area contributed by atoms with Crippen LogP contribution in [-0.4, -0.2) is 24.3 Å². The number of carbonyl (C=O) groups excluding carboxylic acids is 2. The molecule has 31 heavy (non-hydrogen) atoms. The van der Waals surface area contributed by atoms with Gasteiger partial charge >= 0.3 is 6.03 Å². The first-order valence-electron chi connectivity index (χ1n) is 10.5. The number of hydrogen-bond donors (Lipinski definition) is 3. The Labute approximate surface area is 182 Å². The third kappa shape index (κ3) is 5.45. The van der Waals surface area contributed by atoms with Gasteiger partial charge in [-0.2, -0.15) is 5.10 Å². The van der Waals surface area contributed by atoms with Crippen molar-refractivity contribution in [3.05, 3.63) is 46.9 Å². The number of fused-ring (bicyclic) bond motifs is 1. The zero-order valence-electron chi connectivity index (χ0n) is 18.5. The van der Waals surface area contributed by atoms with Crippen LogP contribution >= 0.6 is 0 Å². The minimum Gasteiger partial charge on any atom is -0.494 e. The zero-order valence-corrected chi connectivity index (χ0v) is 18.5. The molecule has 0 saturated carbocycles. The van der Waals surface area contributed by atoms with E-state index >= 15 is 0 Å². The largest absolute Gasteiger partial charge is 0.494 e. The minimum absolute atomic E-state index is 0.128. The molecule has 1 aromatic carbocycles. The fraction of sp³-hybridized carbons (Fsp3) is 0.435. The monoisotopic (exact) mass is 426 g/mol. The predicted molar refractivity (Wildman–Crippen MR) is 120 cm³/mol. The summed E-state index contributed by atoms with van der Waals surface area (Å²) in [4.78, 5) is 24.0. The average molecular weight is 427 g/mol. The van der Waals surface area contributed by atoms with E-state index in [1.807, 2.05) is 19.1 Å². The van der Waals surface area contributed by atoms with E-state index in [1.165, 1.54) is 0 Å². The number of carbonyl (C=O) groups is 2. The Bertz CT molecular complexity index is 990. The lowest BCUT2D eigenvalue weighted by Crippen LogP contribution is -2.31. The first kappa shape index (κ1) is 22.4. The van der Waals surface area contributed by atoms with Crippen LogP contribution < -0.4 is 21.2 Å².